The van der Waals surface area contributed by atoms with Crippen molar-refractivity contribution >= 4 is 6.16 Å². The standard InChI is InChI=1S/C15H17FO4/c1-15(2,3)20-14(18)19-12-8-10(9-4-5-9)6-7-11(16)13(12)17/h6-9H,4-5H2,1-3H3. The first kappa shape index (κ1) is 14.5. The third kappa shape index (κ3) is 3.79. The van der Waals surface area contributed by atoms with Crippen molar-refractivity contribution in [3.05, 3.63) is 39.8 Å². The van der Waals surface area contributed by atoms with Crippen LogP contribution in [0.25, 0.3) is 0 Å². The van der Waals surface area contributed by atoms with E-state index in [1.165, 1.54) is 6.07 Å². The molecule has 0 saturated heterocycles. The topological polar surface area (TPSA) is 52.6 Å². The second-order valence-electron chi connectivity index (χ2n) is 5.86. The summed E-state index contributed by atoms with van der Waals surface area (Å²) in [6.45, 7) is 5.02. The van der Waals surface area contributed by atoms with E-state index in [4.69, 9.17) is 9.47 Å². The zero-order valence-corrected chi connectivity index (χ0v) is 11.7. The fourth-order valence-corrected chi connectivity index (χ4v) is 1.73. The fourth-order valence-electron chi connectivity index (χ4n) is 1.73. The minimum absolute atomic E-state index is 0.308. The SMILES string of the molecule is CC(C)(C)OC(=O)Oc1cc(C2CC2)ccc(F)c1=O. The maximum absolute atomic E-state index is 13.5. The van der Waals surface area contributed by atoms with Gasteiger partial charge in [-0.3, -0.25) is 4.79 Å². The quantitative estimate of drug-likeness (QED) is 0.779. The summed E-state index contributed by atoms with van der Waals surface area (Å²) < 4.78 is 23.4. The van der Waals surface area contributed by atoms with E-state index in [1.54, 1.807) is 26.8 Å². The number of carbonyl (C=O) groups is 1. The molecule has 0 unspecified atom stereocenters. The van der Waals surface area contributed by atoms with Gasteiger partial charge in [0.2, 0.25) is 0 Å². The maximum Gasteiger partial charge on any atom is 0.514 e. The second kappa shape index (κ2) is 5.23. The van der Waals surface area contributed by atoms with Crippen molar-refractivity contribution in [3.63, 3.8) is 0 Å². The normalized spacial score (nSPS) is 14.8. The van der Waals surface area contributed by atoms with Crippen molar-refractivity contribution in [2.24, 2.45) is 0 Å². The third-order valence-corrected chi connectivity index (χ3v) is 2.79. The van der Waals surface area contributed by atoms with E-state index in [0.717, 1.165) is 24.5 Å². The molecular formula is C15H17FO4. The first-order chi connectivity index (χ1) is 9.26. The van der Waals surface area contributed by atoms with Crippen LogP contribution < -0.4 is 10.2 Å². The van der Waals surface area contributed by atoms with E-state index in [2.05, 4.69) is 0 Å². The molecule has 0 bridgehead atoms. The van der Waals surface area contributed by atoms with Crippen molar-refractivity contribution in [3.8, 4) is 5.75 Å². The number of halogens is 1. The monoisotopic (exact) mass is 280 g/mol. The summed E-state index contributed by atoms with van der Waals surface area (Å²) in [6.07, 6.45) is 0.971. The van der Waals surface area contributed by atoms with Gasteiger partial charge in [-0.25, -0.2) is 9.18 Å². The number of rotatable bonds is 2. The summed E-state index contributed by atoms with van der Waals surface area (Å²) >= 11 is 0. The average molecular weight is 280 g/mol. The predicted molar refractivity (Wildman–Crippen MR) is 71.5 cm³/mol. The molecule has 1 aromatic rings. The van der Waals surface area contributed by atoms with Crippen LogP contribution in [-0.4, -0.2) is 11.8 Å². The van der Waals surface area contributed by atoms with Gasteiger partial charge in [0.25, 0.3) is 5.43 Å². The highest BCUT2D eigenvalue weighted by Crippen LogP contribution is 2.40. The molecule has 1 aliphatic carbocycles. The van der Waals surface area contributed by atoms with Gasteiger partial charge in [-0.15, -0.1) is 0 Å². The molecule has 0 atom stereocenters. The fraction of sp³-hybridized carbons (Fsp3) is 0.467. The van der Waals surface area contributed by atoms with Crippen molar-refractivity contribution in [2.45, 2.75) is 45.1 Å². The van der Waals surface area contributed by atoms with E-state index in [1.807, 2.05) is 0 Å². The Kier molecular flexibility index (Phi) is 3.79. The molecule has 1 aromatic carbocycles. The summed E-state index contributed by atoms with van der Waals surface area (Å²) in [4.78, 5) is 23.3. The molecule has 0 aliphatic heterocycles. The van der Waals surface area contributed by atoms with Gasteiger partial charge in [-0.2, -0.15) is 0 Å². The van der Waals surface area contributed by atoms with Crippen LogP contribution in [-0.2, 0) is 4.74 Å². The summed E-state index contributed by atoms with van der Waals surface area (Å²) in [6, 6.07) is 4.08. The first-order valence-electron chi connectivity index (χ1n) is 6.51. The van der Waals surface area contributed by atoms with Crippen molar-refractivity contribution in [1.82, 2.24) is 0 Å². The molecular weight excluding hydrogens is 263 g/mol. The Hall–Kier alpha value is -1.91. The van der Waals surface area contributed by atoms with Gasteiger partial charge in [0.05, 0.1) is 0 Å². The molecule has 0 spiro atoms. The van der Waals surface area contributed by atoms with E-state index in [0.29, 0.717) is 5.92 Å². The van der Waals surface area contributed by atoms with Gasteiger partial charge in [-0.05, 0) is 57.2 Å². The van der Waals surface area contributed by atoms with Crippen molar-refractivity contribution in [1.29, 1.82) is 0 Å². The zero-order valence-electron chi connectivity index (χ0n) is 11.7. The second-order valence-corrected chi connectivity index (χ2v) is 5.86. The lowest BCUT2D eigenvalue weighted by atomic mass is 10.2. The summed E-state index contributed by atoms with van der Waals surface area (Å²) in [7, 11) is 0. The first-order valence-corrected chi connectivity index (χ1v) is 6.51. The summed E-state index contributed by atoms with van der Waals surface area (Å²) in [5.74, 6) is -0.971. The third-order valence-electron chi connectivity index (χ3n) is 2.79. The van der Waals surface area contributed by atoms with E-state index < -0.39 is 23.0 Å². The lowest BCUT2D eigenvalue weighted by Crippen LogP contribution is -2.27. The van der Waals surface area contributed by atoms with Gasteiger partial charge >= 0.3 is 6.16 Å². The maximum atomic E-state index is 13.5. The molecule has 5 heteroatoms. The Morgan fingerprint density at radius 2 is 1.95 bits per heavy atom. The molecule has 1 aliphatic rings. The molecule has 108 valence electrons. The highest BCUT2D eigenvalue weighted by Gasteiger charge is 2.25. The molecule has 1 saturated carbocycles. The molecule has 0 heterocycles. The van der Waals surface area contributed by atoms with E-state index in [-0.39, 0.29) is 5.75 Å². The van der Waals surface area contributed by atoms with Crippen LogP contribution in [0.2, 0.25) is 0 Å². The largest absolute Gasteiger partial charge is 0.514 e. The predicted octanol–water partition coefficient (Wildman–Crippen LogP) is 3.38. The number of hydrogen-bond donors (Lipinski definition) is 0. The van der Waals surface area contributed by atoms with Gasteiger partial charge < -0.3 is 9.47 Å². The highest BCUT2D eigenvalue weighted by atomic mass is 19.1. The van der Waals surface area contributed by atoms with Crippen LogP contribution in [0, 0.1) is 5.82 Å². The van der Waals surface area contributed by atoms with Gasteiger partial charge in [0.15, 0.2) is 11.6 Å². The van der Waals surface area contributed by atoms with E-state index in [9.17, 15) is 14.0 Å². The van der Waals surface area contributed by atoms with Crippen LogP contribution in [0.3, 0.4) is 0 Å². The zero-order chi connectivity index (χ0) is 14.9. The number of carbonyl (C=O) groups excluding carboxylic acids is 1. The van der Waals surface area contributed by atoms with Crippen molar-refractivity contribution < 1.29 is 18.7 Å². The lowest BCUT2D eigenvalue weighted by molar-refractivity contribution is 0.0204. The van der Waals surface area contributed by atoms with Crippen LogP contribution in [0.1, 0.15) is 45.1 Å². The molecule has 2 rings (SSSR count). The molecule has 0 radical (unpaired) electrons. The molecule has 0 amide bonds. The van der Waals surface area contributed by atoms with Gasteiger partial charge in [0.1, 0.15) is 5.60 Å². The molecule has 1 fully saturated rings. The number of ether oxygens (including phenoxy) is 2. The van der Waals surface area contributed by atoms with Crippen molar-refractivity contribution in [2.75, 3.05) is 0 Å². The average Bonchev–Trinajstić information content (AvgIpc) is 3.12. The summed E-state index contributed by atoms with van der Waals surface area (Å²) in [5, 5.41) is 0. The molecule has 0 aromatic heterocycles. The smallest absolute Gasteiger partial charge is 0.428 e. The van der Waals surface area contributed by atoms with Gasteiger partial charge in [0, 0.05) is 0 Å². The van der Waals surface area contributed by atoms with Crippen LogP contribution in [0.15, 0.2) is 23.0 Å². The highest BCUT2D eigenvalue weighted by molar-refractivity contribution is 5.64. The Balaban J connectivity index is 2.28. The van der Waals surface area contributed by atoms with Crippen LogP contribution >= 0.6 is 0 Å². The Labute approximate surface area is 116 Å². The molecule has 0 N–H and O–H groups in total. The minimum Gasteiger partial charge on any atom is -0.428 e. The Morgan fingerprint density at radius 1 is 1.30 bits per heavy atom. The lowest BCUT2D eigenvalue weighted by Gasteiger charge is -2.18. The Bertz CT molecular complexity index is 585. The Morgan fingerprint density at radius 3 is 2.50 bits per heavy atom. The minimum atomic E-state index is -1.01. The summed E-state index contributed by atoms with van der Waals surface area (Å²) in [5.41, 5.74) is -0.887. The number of hydrogen-bond acceptors (Lipinski definition) is 4. The van der Waals surface area contributed by atoms with Gasteiger partial charge in [-0.1, -0.05) is 6.07 Å². The molecule has 20 heavy (non-hydrogen) atoms. The van der Waals surface area contributed by atoms with Crippen LogP contribution in [0.5, 0.6) is 5.75 Å². The molecule has 4 nitrogen and oxygen atoms in total. The van der Waals surface area contributed by atoms with E-state index >= 15 is 0 Å². The van der Waals surface area contributed by atoms with Crippen LogP contribution in [0.4, 0.5) is 9.18 Å².